The van der Waals surface area contributed by atoms with Gasteiger partial charge >= 0.3 is 0 Å². The highest BCUT2D eigenvalue weighted by Gasteiger charge is 2.34. The fourth-order valence-corrected chi connectivity index (χ4v) is 9.71. The maximum absolute atomic E-state index is 13.6. The van der Waals surface area contributed by atoms with Crippen LogP contribution in [0.25, 0.3) is 44.5 Å². The zero-order valence-corrected chi connectivity index (χ0v) is 32.9. The summed E-state index contributed by atoms with van der Waals surface area (Å²) in [6.45, 7) is 0. The molecule has 59 heavy (non-hydrogen) atoms. The largest absolute Gasteiger partial charge is 0.311 e. The van der Waals surface area contributed by atoms with Crippen LogP contribution in [0, 0.1) is 0 Å². The van der Waals surface area contributed by atoms with Crippen LogP contribution < -0.4 is 9.80 Å². The van der Waals surface area contributed by atoms with Gasteiger partial charge in [0, 0.05) is 22.7 Å². The molecule has 0 atom stereocenters. The van der Waals surface area contributed by atoms with E-state index >= 15 is 0 Å². The van der Waals surface area contributed by atoms with Crippen molar-refractivity contribution in [3.8, 4) is 44.5 Å². The SMILES string of the molecule is O=S1(=O)c2ccccc2N(c2cccc(-c3ccc(N(c4ccc(-c5ccccc5)cc4)c4ccc(-c5cccc(-c6ccccc6)c5)cc4)cc3)c2)c2ccccc21. The monoisotopic (exact) mass is 778 g/mol. The first-order valence-corrected chi connectivity index (χ1v) is 21.1. The predicted octanol–water partition coefficient (Wildman–Crippen LogP) is 14.4. The summed E-state index contributed by atoms with van der Waals surface area (Å²) in [7, 11) is -3.66. The number of rotatable bonds is 8. The molecule has 0 spiro atoms. The third kappa shape index (κ3) is 6.78. The summed E-state index contributed by atoms with van der Waals surface area (Å²) in [4.78, 5) is 4.95. The highest BCUT2D eigenvalue weighted by molar-refractivity contribution is 7.92. The zero-order valence-electron chi connectivity index (χ0n) is 32.1. The van der Waals surface area contributed by atoms with E-state index in [1.54, 1.807) is 24.3 Å². The maximum atomic E-state index is 13.6. The molecule has 0 N–H and O–H groups in total. The van der Waals surface area contributed by atoms with Gasteiger partial charge in [0.25, 0.3) is 0 Å². The van der Waals surface area contributed by atoms with Crippen LogP contribution in [-0.4, -0.2) is 8.42 Å². The van der Waals surface area contributed by atoms with Gasteiger partial charge in [0.2, 0.25) is 9.84 Å². The first-order valence-electron chi connectivity index (χ1n) is 19.7. The van der Waals surface area contributed by atoms with Gasteiger partial charge in [0.15, 0.2) is 0 Å². The van der Waals surface area contributed by atoms with E-state index in [-0.39, 0.29) is 0 Å². The topological polar surface area (TPSA) is 40.6 Å². The van der Waals surface area contributed by atoms with Crippen molar-refractivity contribution in [1.29, 1.82) is 0 Å². The molecule has 5 heteroatoms. The van der Waals surface area contributed by atoms with Gasteiger partial charge in [-0.25, -0.2) is 8.42 Å². The molecule has 0 bridgehead atoms. The summed E-state index contributed by atoms with van der Waals surface area (Å²) in [5.74, 6) is 0. The molecule has 9 aromatic rings. The number of hydrogen-bond acceptors (Lipinski definition) is 4. The number of nitrogens with zero attached hydrogens (tertiary/aromatic N) is 2. The van der Waals surface area contributed by atoms with E-state index < -0.39 is 9.84 Å². The van der Waals surface area contributed by atoms with Crippen molar-refractivity contribution < 1.29 is 8.42 Å². The minimum atomic E-state index is -3.66. The van der Waals surface area contributed by atoms with Gasteiger partial charge in [-0.2, -0.15) is 0 Å². The fourth-order valence-electron chi connectivity index (χ4n) is 8.08. The number of para-hydroxylation sites is 2. The lowest BCUT2D eigenvalue weighted by molar-refractivity contribution is 0.595. The number of fused-ring (bicyclic) bond motifs is 2. The minimum Gasteiger partial charge on any atom is -0.311 e. The molecule has 0 radical (unpaired) electrons. The summed E-state index contributed by atoms with van der Waals surface area (Å²) >= 11 is 0. The van der Waals surface area contributed by atoms with Crippen LogP contribution in [0.4, 0.5) is 34.1 Å². The smallest absolute Gasteiger partial charge is 0.210 e. The Morgan fingerprint density at radius 1 is 0.305 bits per heavy atom. The molecule has 0 saturated carbocycles. The van der Waals surface area contributed by atoms with Crippen molar-refractivity contribution in [3.63, 3.8) is 0 Å². The average molecular weight is 779 g/mol. The van der Waals surface area contributed by atoms with E-state index in [0.717, 1.165) is 45.0 Å². The Balaban J connectivity index is 1.00. The Labute approximate surface area is 345 Å². The quantitative estimate of drug-likeness (QED) is 0.154. The predicted molar refractivity (Wildman–Crippen MR) is 243 cm³/mol. The second-order valence-corrected chi connectivity index (χ2v) is 16.5. The second-order valence-electron chi connectivity index (χ2n) is 14.6. The molecular weight excluding hydrogens is 741 g/mol. The number of hydrogen-bond donors (Lipinski definition) is 0. The molecule has 0 saturated heterocycles. The van der Waals surface area contributed by atoms with Gasteiger partial charge in [0.05, 0.1) is 21.2 Å². The molecule has 282 valence electrons. The molecule has 0 unspecified atom stereocenters. The molecule has 0 amide bonds. The van der Waals surface area contributed by atoms with Crippen molar-refractivity contribution in [2.45, 2.75) is 9.79 Å². The summed E-state index contributed by atoms with van der Waals surface area (Å²) in [5.41, 5.74) is 14.4. The van der Waals surface area contributed by atoms with Crippen LogP contribution in [0.2, 0.25) is 0 Å². The van der Waals surface area contributed by atoms with Gasteiger partial charge in [-0.1, -0.05) is 152 Å². The molecule has 1 aliphatic heterocycles. The molecule has 1 aliphatic rings. The number of sulfone groups is 1. The Bertz CT molecular complexity index is 2980. The number of benzene rings is 9. The molecule has 1 heterocycles. The molecular formula is C54H38N2O2S. The van der Waals surface area contributed by atoms with E-state index in [1.165, 1.54) is 22.3 Å². The Morgan fingerprint density at radius 2 is 0.644 bits per heavy atom. The second kappa shape index (κ2) is 15.1. The Hall–Kier alpha value is -7.47. The first kappa shape index (κ1) is 35.9. The van der Waals surface area contributed by atoms with Gasteiger partial charge in [0.1, 0.15) is 0 Å². The van der Waals surface area contributed by atoms with Crippen LogP contribution in [0.1, 0.15) is 0 Å². The fraction of sp³-hybridized carbons (Fsp3) is 0. The van der Waals surface area contributed by atoms with Gasteiger partial charge in [-0.3, -0.25) is 0 Å². The van der Waals surface area contributed by atoms with Gasteiger partial charge in [-0.15, -0.1) is 0 Å². The van der Waals surface area contributed by atoms with E-state index in [2.05, 4.69) is 163 Å². The van der Waals surface area contributed by atoms with Gasteiger partial charge in [-0.05, 0) is 123 Å². The Morgan fingerprint density at radius 3 is 1.12 bits per heavy atom. The third-order valence-electron chi connectivity index (χ3n) is 11.0. The van der Waals surface area contributed by atoms with Gasteiger partial charge < -0.3 is 9.80 Å². The Kier molecular flexibility index (Phi) is 9.21. The van der Waals surface area contributed by atoms with Crippen molar-refractivity contribution in [2.75, 3.05) is 9.80 Å². The minimum absolute atomic E-state index is 0.305. The summed E-state index contributed by atoms with van der Waals surface area (Å²) in [6, 6.07) is 78.6. The highest BCUT2D eigenvalue weighted by Crippen LogP contribution is 2.48. The standard InChI is InChI=1S/C54H38N2O2S/c57-59(58)53-23-9-7-21-51(53)56(52-22-8-10-24-54(52)59)50-20-12-19-46(38-50)43-29-35-49(36-30-43)55(47-31-25-41(26-32-47)39-13-3-1-4-14-39)48-33-27-42(28-34-48)45-18-11-17-44(37-45)40-15-5-2-6-16-40/h1-38H. The maximum Gasteiger partial charge on any atom is 0.210 e. The highest BCUT2D eigenvalue weighted by atomic mass is 32.2. The third-order valence-corrected chi connectivity index (χ3v) is 12.9. The molecule has 9 aromatic carbocycles. The normalized spacial score (nSPS) is 12.6. The van der Waals surface area contributed by atoms with Crippen molar-refractivity contribution in [2.24, 2.45) is 0 Å². The lowest BCUT2D eigenvalue weighted by atomic mass is 9.98. The van der Waals surface area contributed by atoms with Crippen LogP contribution in [-0.2, 0) is 9.84 Å². The molecule has 0 fully saturated rings. The molecule has 10 rings (SSSR count). The van der Waals surface area contributed by atoms with Crippen LogP contribution >= 0.6 is 0 Å². The first-order chi connectivity index (χ1) is 29.0. The van der Waals surface area contributed by atoms with E-state index in [4.69, 9.17) is 0 Å². The van der Waals surface area contributed by atoms with Crippen molar-refractivity contribution in [1.82, 2.24) is 0 Å². The van der Waals surface area contributed by atoms with E-state index in [0.29, 0.717) is 21.2 Å². The zero-order chi connectivity index (χ0) is 39.8. The van der Waals surface area contributed by atoms with Crippen LogP contribution in [0.15, 0.2) is 240 Å². The van der Waals surface area contributed by atoms with Crippen LogP contribution in [0.5, 0.6) is 0 Å². The lowest BCUT2D eigenvalue weighted by Crippen LogP contribution is -2.22. The van der Waals surface area contributed by atoms with Crippen molar-refractivity contribution in [3.05, 3.63) is 231 Å². The number of anilines is 6. The molecule has 4 nitrogen and oxygen atoms in total. The molecule has 0 aliphatic carbocycles. The summed E-state index contributed by atoms with van der Waals surface area (Å²) < 4.78 is 27.3. The molecule has 0 aromatic heterocycles. The van der Waals surface area contributed by atoms with Crippen molar-refractivity contribution >= 4 is 44.0 Å². The summed E-state index contributed by atoms with van der Waals surface area (Å²) in [6.07, 6.45) is 0. The van der Waals surface area contributed by atoms with Crippen LogP contribution in [0.3, 0.4) is 0 Å². The van der Waals surface area contributed by atoms with E-state index in [9.17, 15) is 8.42 Å². The lowest BCUT2D eigenvalue weighted by Gasteiger charge is -2.33. The van der Waals surface area contributed by atoms with E-state index in [1.807, 2.05) is 53.4 Å². The average Bonchev–Trinajstić information content (AvgIpc) is 3.31. The summed E-state index contributed by atoms with van der Waals surface area (Å²) in [5, 5.41) is 0.